The number of hydrogen-bond donors (Lipinski definition) is 2. The van der Waals surface area contributed by atoms with Gasteiger partial charge in [0.2, 0.25) is 0 Å². The Morgan fingerprint density at radius 1 is 1.45 bits per heavy atom. The highest BCUT2D eigenvalue weighted by Crippen LogP contribution is 2.42. The van der Waals surface area contributed by atoms with E-state index in [-0.39, 0.29) is 29.1 Å². The minimum absolute atomic E-state index is 0.173. The molecule has 1 unspecified atom stereocenters. The van der Waals surface area contributed by atoms with Gasteiger partial charge in [0.1, 0.15) is 18.3 Å². The Morgan fingerprint density at radius 3 is 2.80 bits per heavy atom. The van der Waals surface area contributed by atoms with Gasteiger partial charge in [-0.15, -0.1) is 0 Å². The van der Waals surface area contributed by atoms with Crippen LogP contribution in [0.5, 0.6) is 0 Å². The number of ether oxygens (including phenoxy) is 3. The normalized spacial score (nSPS) is 35.1. The Morgan fingerprint density at radius 2 is 2.15 bits per heavy atom. The molecule has 0 radical (unpaired) electrons. The lowest BCUT2D eigenvalue weighted by molar-refractivity contribution is -0.200. The van der Waals surface area contributed by atoms with Crippen molar-refractivity contribution in [2.45, 2.75) is 44.2 Å². The van der Waals surface area contributed by atoms with Crippen LogP contribution in [0.3, 0.4) is 0 Å². The molecule has 1 aromatic heterocycles. The summed E-state index contributed by atoms with van der Waals surface area (Å²) in [6, 6.07) is 1.36. The average molecular weight is 300 g/mol. The van der Waals surface area contributed by atoms with Gasteiger partial charge in [-0.1, -0.05) is 0 Å². The number of rotatable bonds is 2. The summed E-state index contributed by atoms with van der Waals surface area (Å²) in [7, 11) is 0. The molecule has 3 rings (SSSR count). The molecule has 2 aliphatic heterocycles. The van der Waals surface area contributed by atoms with E-state index in [1.165, 1.54) is 6.07 Å². The second-order valence-corrected chi connectivity index (χ2v) is 5.72. The Bertz CT molecular complexity index is 625. The fraction of sp³-hybridized carbons (Fsp3) is 0.667. The van der Waals surface area contributed by atoms with Crippen molar-refractivity contribution >= 4 is 12.2 Å². The van der Waals surface area contributed by atoms with E-state index in [1.54, 1.807) is 10.8 Å². The zero-order chi connectivity index (χ0) is 14.5. The van der Waals surface area contributed by atoms with Crippen LogP contribution in [0.1, 0.15) is 20.1 Å². The predicted molar refractivity (Wildman–Crippen MR) is 70.7 cm³/mol. The molecule has 4 atom stereocenters. The van der Waals surface area contributed by atoms with Gasteiger partial charge in [0.05, 0.1) is 6.61 Å². The molecule has 20 heavy (non-hydrogen) atoms. The van der Waals surface area contributed by atoms with E-state index >= 15 is 0 Å². The fourth-order valence-corrected chi connectivity index (χ4v) is 2.92. The van der Waals surface area contributed by atoms with E-state index in [1.807, 2.05) is 13.8 Å². The fourth-order valence-electron chi connectivity index (χ4n) is 2.66. The van der Waals surface area contributed by atoms with Crippen molar-refractivity contribution in [2.75, 3.05) is 6.61 Å². The SMILES string of the molecule is CC1(C)OC2[C@@H](CO)O[C@@H](n3ccc(=O)[nH]c3=S)[C@H]2O1. The number of aliphatic hydroxyl groups is 1. The minimum Gasteiger partial charge on any atom is -0.394 e. The first-order valence-electron chi connectivity index (χ1n) is 6.35. The van der Waals surface area contributed by atoms with E-state index in [4.69, 9.17) is 26.4 Å². The molecule has 2 fully saturated rings. The zero-order valence-corrected chi connectivity index (χ0v) is 11.9. The largest absolute Gasteiger partial charge is 0.394 e. The van der Waals surface area contributed by atoms with Crippen molar-refractivity contribution in [3.05, 3.63) is 27.4 Å². The Labute approximate surface area is 120 Å². The molecule has 8 heteroatoms. The van der Waals surface area contributed by atoms with Crippen LogP contribution < -0.4 is 5.56 Å². The van der Waals surface area contributed by atoms with Gasteiger partial charge < -0.3 is 19.3 Å². The lowest BCUT2D eigenvalue weighted by Gasteiger charge is -2.24. The molecule has 2 aliphatic rings. The van der Waals surface area contributed by atoms with E-state index in [2.05, 4.69) is 4.98 Å². The second-order valence-electron chi connectivity index (χ2n) is 5.33. The third-order valence-electron chi connectivity index (χ3n) is 3.43. The average Bonchev–Trinajstić information content (AvgIpc) is 2.83. The molecule has 110 valence electrons. The smallest absolute Gasteiger partial charge is 0.251 e. The van der Waals surface area contributed by atoms with Gasteiger partial charge in [0, 0.05) is 12.3 Å². The molecular formula is C12H16N2O5S. The summed E-state index contributed by atoms with van der Waals surface area (Å²) < 4.78 is 19.2. The lowest BCUT2D eigenvalue weighted by atomic mass is 10.1. The van der Waals surface area contributed by atoms with Crippen LogP contribution in [0.15, 0.2) is 17.1 Å². The highest BCUT2D eigenvalue weighted by molar-refractivity contribution is 7.71. The van der Waals surface area contributed by atoms with Crippen molar-refractivity contribution in [2.24, 2.45) is 0 Å². The van der Waals surface area contributed by atoms with Crippen LogP contribution in [0.25, 0.3) is 0 Å². The Balaban J connectivity index is 1.98. The number of aromatic amines is 1. The lowest BCUT2D eigenvalue weighted by Crippen LogP contribution is -2.31. The molecule has 0 aliphatic carbocycles. The number of aliphatic hydroxyl groups excluding tert-OH is 1. The van der Waals surface area contributed by atoms with Crippen molar-refractivity contribution in [1.29, 1.82) is 0 Å². The van der Waals surface area contributed by atoms with E-state index < -0.39 is 18.1 Å². The second kappa shape index (κ2) is 4.74. The molecular weight excluding hydrogens is 284 g/mol. The van der Waals surface area contributed by atoms with Crippen LogP contribution in [0.4, 0.5) is 0 Å². The maximum atomic E-state index is 11.2. The maximum absolute atomic E-state index is 11.2. The molecule has 2 saturated heterocycles. The highest BCUT2D eigenvalue weighted by atomic mass is 32.1. The first kappa shape index (κ1) is 13.9. The summed E-state index contributed by atoms with van der Waals surface area (Å²) in [5.41, 5.74) is -0.275. The summed E-state index contributed by atoms with van der Waals surface area (Å²) in [5.74, 6) is -0.741. The van der Waals surface area contributed by atoms with Gasteiger partial charge in [-0.3, -0.25) is 14.3 Å². The van der Waals surface area contributed by atoms with Gasteiger partial charge in [-0.25, -0.2) is 0 Å². The number of fused-ring (bicyclic) bond motifs is 1. The Kier molecular flexibility index (Phi) is 3.30. The van der Waals surface area contributed by atoms with Crippen LogP contribution in [-0.4, -0.2) is 45.4 Å². The van der Waals surface area contributed by atoms with Crippen molar-refractivity contribution in [3.63, 3.8) is 0 Å². The van der Waals surface area contributed by atoms with Gasteiger partial charge in [0.25, 0.3) is 5.56 Å². The van der Waals surface area contributed by atoms with Crippen molar-refractivity contribution < 1.29 is 19.3 Å². The molecule has 7 nitrogen and oxygen atoms in total. The van der Waals surface area contributed by atoms with Gasteiger partial charge >= 0.3 is 0 Å². The van der Waals surface area contributed by atoms with Gasteiger partial charge in [0.15, 0.2) is 16.8 Å². The molecule has 0 aromatic carbocycles. The quantitative estimate of drug-likeness (QED) is 0.765. The number of hydrogen-bond acceptors (Lipinski definition) is 6. The van der Waals surface area contributed by atoms with Crippen LogP contribution in [0.2, 0.25) is 0 Å². The van der Waals surface area contributed by atoms with Crippen LogP contribution in [-0.2, 0) is 14.2 Å². The number of H-pyrrole nitrogens is 1. The predicted octanol–water partition coefficient (Wildman–Crippen LogP) is 0.316. The summed E-state index contributed by atoms with van der Waals surface area (Å²) in [4.78, 5) is 13.8. The molecule has 1 aromatic rings. The van der Waals surface area contributed by atoms with Gasteiger partial charge in [-0.05, 0) is 26.1 Å². The maximum Gasteiger partial charge on any atom is 0.251 e. The van der Waals surface area contributed by atoms with Crippen LogP contribution in [0, 0.1) is 4.77 Å². The molecule has 2 N–H and O–H groups in total. The number of nitrogens with one attached hydrogen (secondary N) is 1. The summed E-state index contributed by atoms with van der Waals surface area (Å²) >= 11 is 5.14. The van der Waals surface area contributed by atoms with Gasteiger partial charge in [-0.2, -0.15) is 0 Å². The number of aromatic nitrogens is 2. The van der Waals surface area contributed by atoms with Crippen molar-refractivity contribution in [3.8, 4) is 0 Å². The summed E-state index contributed by atoms with van der Waals surface area (Å²) in [6.07, 6.45) is -0.227. The van der Waals surface area contributed by atoms with Crippen molar-refractivity contribution in [1.82, 2.24) is 9.55 Å². The number of nitrogens with zero attached hydrogens (tertiary/aromatic N) is 1. The van der Waals surface area contributed by atoms with E-state index in [9.17, 15) is 9.90 Å². The van der Waals surface area contributed by atoms with E-state index in [0.29, 0.717) is 0 Å². The van der Waals surface area contributed by atoms with E-state index in [0.717, 1.165) is 0 Å². The monoisotopic (exact) mass is 300 g/mol. The molecule has 0 saturated carbocycles. The standard InChI is InChI=1S/C12H16N2O5S/c1-12(2)18-8-6(5-15)17-10(9(8)19-12)14-4-3-7(16)13-11(14)20/h3-4,6,8-10,15H,5H2,1-2H3,(H,13,16,20)/t6-,8?,9+,10-/m1/s1. The first-order valence-corrected chi connectivity index (χ1v) is 6.75. The molecule has 0 spiro atoms. The molecule has 0 amide bonds. The minimum atomic E-state index is -0.741. The highest BCUT2D eigenvalue weighted by Gasteiger charge is 2.55. The zero-order valence-electron chi connectivity index (χ0n) is 11.1. The third-order valence-corrected chi connectivity index (χ3v) is 3.74. The molecule has 3 heterocycles. The summed E-state index contributed by atoms with van der Waals surface area (Å²) in [6.45, 7) is 3.44. The topological polar surface area (TPSA) is 85.7 Å². The first-order chi connectivity index (χ1) is 9.41. The molecule has 0 bridgehead atoms. The Hall–Kier alpha value is -1.06. The third kappa shape index (κ3) is 2.23. The summed E-state index contributed by atoms with van der Waals surface area (Å²) in [5, 5.41) is 9.41. The van der Waals surface area contributed by atoms with Crippen LogP contribution >= 0.6 is 12.2 Å².